The quantitative estimate of drug-likeness (QED) is 0.797. The molecule has 2 aromatic heterocycles. The molecule has 0 N–H and O–H groups in total. The Morgan fingerprint density at radius 1 is 1.38 bits per heavy atom. The van der Waals surface area contributed by atoms with Gasteiger partial charge >= 0.3 is 0 Å². The molecule has 0 unspecified atom stereocenters. The van der Waals surface area contributed by atoms with Crippen LogP contribution in [-0.2, 0) is 7.05 Å². The van der Waals surface area contributed by atoms with Gasteiger partial charge < -0.3 is 9.42 Å². The van der Waals surface area contributed by atoms with Gasteiger partial charge in [0, 0.05) is 21.1 Å². The zero-order chi connectivity index (χ0) is 11.9. The van der Waals surface area contributed by atoms with Crippen molar-refractivity contribution in [1.82, 2.24) is 19.9 Å². The maximum Gasteiger partial charge on any atom is 0.281 e. The van der Waals surface area contributed by atoms with Crippen molar-refractivity contribution in [3.05, 3.63) is 10.7 Å². The lowest BCUT2D eigenvalue weighted by Crippen LogP contribution is -2.10. The Morgan fingerprint density at radius 2 is 2.06 bits per heavy atom. The highest BCUT2D eigenvalue weighted by molar-refractivity contribution is 6.33. The molecule has 0 aliphatic heterocycles. The fourth-order valence-corrected chi connectivity index (χ4v) is 1.45. The standard InChI is InChI=1S/C9H12ClN5O/c1-5-6(10)7(12-15(5)4)8-11-9(13-16-8)14(2)3/h1-4H3. The molecule has 0 saturated heterocycles. The van der Waals surface area contributed by atoms with E-state index in [4.69, 9.17) is 16.1 Å². The van der Waals surface area contributed by atoms with E-state index in [1.54, 1.807) is 9.58 Å². The first-order valence-electron chi connectivity index (χ1n) is 4.71. The Kier molecular flexibility index (Phi) is 2.59. The van der Waals surface area contributed by atoms with E-state index in [9.17, 15) is 0 Å². The van der Waals surface area contributed by atoms with E-state index in [1.807, 2.05) is 28.1 Å². The lowest BCUT2D eigenvalue weighted by atomic mass is 10.3. The summed E-state index contributed by atoms with van der Waals surface area (Å²) < 4.78 is 6.78. The van der Waals surface area contributed by atoms with Gasteiger partial charge in [-0.15, -0.1) is 0 Å². The maximum absolute atomic E-state index is 6.11. The molecule has 0 spiro atoms. The number of anilines is 1. The van der Waals surface area contributed by atoms with Crippen molar-refractivity contribution >= 4 is 17.5 Å². The van der Waals surface area contributed by atoms with Crippen LogP contribution in [0.1, 0.15) is 5.69 Å². The molecule has 0 fully saturated rings. The normalized spacial score (nSPS) is 10.8. The molecule has 2 rings (SSSR count). The molecule has 0 amide bonds. The average molecular weight is 242 g/mol. The van der Waals surface area contributed by atoms with E-state index in [0.29, 0.717) is 22.6 Å². The molecule has 0 radical (unpaired) electrons. The second kappa shape index (κ2) is 3.79. The fourth-order valence-electron chi connectivity index (χ4n) is 1.21. The zero-order valence-corrected chi connectivity index (χ0v) is 10.3. The molecular weight excluding hydrogens is 230 g/mol. The van der Waals surface area contributed by atoms with Gasteiger partial charge in [0.1, 0.15) is 0 Å². The third-order valence-electron chi connectivity index (χ3n) is 2.28. The van der Waals surface area contributed by atoms with Gasteiger partial charge in [-0.05, 0) is 12.1 Å². The summed E-state index contributed by atoms with van der Waals surface area (Å²) in [5.74, 6) is 0.826. The van der Waals surface area contributed by atoms with Crippen LogP contribution in [0.2, 0.25) is 5.02 Å². The van der Waals surface area contributed by atoms with Crippen LogP contribution in [0.3, 0.4) is 0 Å². The van der Waals surface area contributed by atoms with E-state index in [-0.39, 0.29) is 0 Å². The van der Waals surface area contributed by atoms with E-state index in [2.05, 4.69) is 15.2 Å². The number of rotatable bonds is 2. The highest BCUT2D eigenvalue weighted by Gasteiger charge is 2.19. The van der Waals surface area contributed by atoms with Crippen molar-refractivity contribution in [2.45, 2.75) is 6.92 Å². The molecule has 0 bridgehead atoms. The summed E-state index contributed by atoms with van der Waals surface area (Å²) in [5, 5.41) is 8.57. The van der Waals surface area contributed by atoms with E-state index in [0.717, 1.165) is 5.69 Å². The Balaban J connectivity index is 2.46. The molecule has 0 aromatic carbocycles. The average Bonchev–Trinajstić information content (AvgIpc) is 2.79. The van der Waals surface area contributed by atoms with Crippen molar-refractivity contribution < 1.29 is 4.52 Å². The summed E-state index contributed by atoms with van der Waals surface area (Å²) in [6, 6.07) is 0. The van der Waals surface area contributed by atoms with Gasteiger partial charge in [0.15, 0.2) is 5.69 Å². The molecule has 0 aliphatic carbocycles. The number of nitrogens with zero attached hydrogens (tertiary/aromatic N) is 5. The van der Waals surface area contributed by atoms with Crippen LogP contribution < -0.4 is 4.90 Å². The summed E-state index contributed by atoms with van der Waals surface area (Å²) >= 11 is 6.11. The highest BCUT2D eigenvalue weighted by atomic mass is 35.5. The summed E-state index contributed by atoms with van der Waals surface area (Å²) in [7, 11) is 5.48. The Morgan fingerprint density at radius 3 is 2.50 bits per heavy atom. The zero-order valence-electron chi connectivity index (χ0n) is 9.52. The third kappa shape index (κ3) is 1.65. The number of aryl methyl sites for hydroxylation is 1. The van der Waals surface area contributed by atoms with Crippen molar-refractivity contribution in [3.63, 3.8) is 0 Å². The van der Waals surface area contributed by atoms with Gasteiger partial charge in [-0.1, -0.05) is 11.6 Å². The predicted octanol–water partition coefficient (Wildman–Crippen LogP) is 1.50. The topological polar surface area (TPSA) is 60.0 Å². The summed E-state index contributed by atoms with van der Waals surface area (Å²) in [4.78, 5) is 5.93. The SMILES string of the molecule is Cc1c(Cl)c(-c2nc(N(C)C)no2)nn1C. The van der Waals surface area contributed by atoms with Crippen LogP contribution in [0.4, 0.5) is 5.95 Å². The molecular formula is C9H12ClN5O. The van der Waals surface area contributed by atoms with Crippen LogP contribution in [0, 0.1) is 6.92 Å². The van der Waals surface area contributed by atoms with Crippen LogP contribution in [0.15, 0.2) is 4.52 Å². The highest BCUT2D eigenvalue weighted by Crippen LogP contribution is 2.28. The lowest BCUT2D eigenvalue weighted by molar-refractivity contribution is 0.429. The van der Waals surface area contributed by atoms with E-state index < -0.39 is 0 Å². The largest absolute Gasteiger partial charge is 0.344 e. The van der Waals surface area contributed by atoms with Gasteiger partial charge in [-0.2, -0.15) is 10.1 Å². The van der Waals surface area contributed by atoms with Crippen LogP contribution in [0.5, 0.6) is 0 Å². The first-order valence-corrected chi connectivity index (χ1v) is 5.09. The van der Waals surface area contributed by atoms with Crippen LogP contribution in [-0.4, -0.2) is 34.0 Å². The molecule has 7 heteroatoms. The summed E-state index contributed by atoms with van der Waals surface area (Å²) in [6.45, 7) is 1.88. The molecule has 6 nitrogen and oxygen atoms in total. The third-order valence-corrected chi connectivity index (χ3v) is 2.73. The summed E-state index contributed by atoms with van der Waals surface area (Å²) in [5.41, 5.74) is 1.38. The predicted molar refractivity (Wildman–Crippen MR) is 60.6 cm³/mol. The first kappa shape index (κ1) is 10.9. The monoisotopic (exact) mass is 241 g/mol. The Labute approximate surface area is 97.8 Å². The summed E-state index contributed by atoms with van der Waals surface area (Å²) in [6.07, 6.45) is 0. The van der Waals surface area contributed by atoms with Crippen LogP contribution in [0.25, 0.3) is 11.6 Å². The second-order valence-corrected chi connectivity index (χ2v) is 4.04. The Bertz CT molecular complexity index is 516. The molecule has 0 aliphatic rings. The fraction of sp³-hybridized carbons (Fsp3) is 0.444. The van der Waals surface area contributed by atoms with Crippen molar-refractivity contribution in [2.24, 2.45) is 7.05 Å². The van der Waals surface area contributed by atoms with Gasteiger partial charge in [0.2, 0.25) is 0 Å². The minimum atomic E-state index is 0.331. The smallest absolute Gasteiger partial charge is 0.281 e. The van der Waals surface area contributed by atoms with Gasteiger partial charge in [-0.3, -0.25) is 4.68 Å². The minimum Gasteiger partial charge on any atom is -0.344 e. The van der Waals surface area contributed by atoms with Crippen molar-refractivity contribution in [3.8, 4) is 11.6 Å². The van der Waals surface area contributed by atoms with Crippen LogP contribution >= 0.6 is 11.6 Å². The number of aromatic nitrogens is 4. The van der Waals surface area contributed by atoms with Gasteiger partial charge in [0.05, 0.1) is 10.7 Å². The lowest BCUT2D eigenvalue weighted by Gasteiger charge is -2.02. The Hall–Kier alpha value is -1.56. The van der Waals surface area contributed by atoms with E-state index in [1.165, 1.54) is 0 Å². The van der Waals surface area contributed by atoms with Gasteiger partial charge in [-0.25, -0.2) is 0 Å². The molecule has 2 heterocycles. The first-order chi connectivity index (χ1) is 7.50. The molecule has 86 valence electrons. The van der Waals surface area contributed by atoms with Crippen molar-refractivity contribution in [1.29, 1.82) is 0 Å². The molecule has 0 atom stereocenters. The van der Waals surface area contributed by atoms with Gasteiger partial charge in [0.25, 0.3) is 11.8 Å². The molecule has 2 aromatic rings. The van der Waals surface area contributed by atoms with Crippen molar-refractivity contribution in [2.75, 3.05) is 19.0 Å². The molecule has 16 heavy (non-hydrogen) atoms. The van der Waals surface area contributed by atoms with E-state index >= 15 is 0 Å². The second-order valence-electron chi connectivity index (χ2n) is 3.67. The maximum atomic E-state index is 6.11. The minimum absolute atomic E-state index is 0.331. The molecule has 0 saturated carbocycles. The number of hydrogen-bond acceptors (Lipinski definition) is 5. The number of halogens is 1. The number of hydrogen-bond donors (Lipinski definition) is 0.